The van der Waals surface area contributed by atoms with Gasteiger partial charge in [-0.15, -0.1) is 0 Å². The first-order chi connectivity index (χ1) is 19.6. The van der Waals surface area contributed by atoms with Crippen molar-refractivity contribution >= 4 is 39.7 Å². The van der Waals surface area contributed by atoms with Gasteiger partial charge in [0.2, 0.25) is 10.0 Å². The largest absolute Gasteiger partial charge is 0.465 e. The monoisotopic (exact) mass is 613 g/mol. The summed E-state index contributed by atoms with van der Waals surface area (Å²) < 4.78 is 44.4. The fourth-order valence-corrected chi connectivity index (χ4v) is 7.97. The Morgan fingerprint density at radius 2 is 1.59 bits per heavy atom. The summed E-state index contributed by atoms with van der Waals surface area (Å²) in [6.45, 7) is 5.38. The molecule has 1 aromatic rings. The number of hydrogen-bond donors (Lipinski definition) is 1. The minimum Gasteiger partial charge on any atom is -0.465 e. The second-order valence-corrected chi connectivity index (χ2v) is 13.2. The lowest BCUT2D eigenvalue weighted by atomic mass is 9.69. The number of sulfonamides is 1. The van der Waals surface area contributed by atoms with Crippen molar-refractivity contribution in [2.45, 2.75) is 69.0 Å². The molecule has 2 aliphatic heterocycles. The van der Waals surface area contributed by atoms with Crippen molar-refractivity contribution in [3.8, 4) is 0 Å². The fraction of sp³-hybridized carbons (Fsp3) is 0.679. The number of esters is 2. The van der Waals surface area contributed by atoms with E-state index in [-0.39, 0.29) is 41.8 Å². The van der Waals surface area contributed by atoms with Gasteiger partial charge in [0.15, 0.2) is 0 Å². The smallest absolute Gasteiger partial charge is 0.410 e. The van der Waals surface area contributed by atoms with Crippen molar-refractivity contribution in [1.29, 1.82) is 0 Å². The third-order valence-electron chi connectivity index (χ3n) is 8.45. The minimum absolute atomic E-state index is 0.112. The van der Waals surface area contributed by atoms with E-state index >= 15 is 0 Å². The predicted molar refractivity (Wildman–Crippen MR) is 151 cm³/mol. The zero-order valence-electron chi connectivity index (χ0n) is 23.8. The number of hydrogen-bond acceptors (Lipinski definition) is 9. The van der Waals surface area contributed by atoms with E-state index in [2.05, 4.69) is 4.72 Å². The summed E-state index contributed by atoms with van der Waals surface area (Å²) in [5, 5.41) is 0.442. The minimum atomic E-state index is -3.80. The third kappa shape index (κ3) is 7.52. The van der Waals surface area contributed by atoms with Gasteiger partial charge in [-0.2, -0.15) is 0 Å². The number of halogens is 1. The van der Waals surface area contributed by atoms with Crippen LogP contribution in [0, 0.1) is 17.8 Å². The summed E-state index contributed by atoms with van der Waals surface area (Å²) in [6, 6.07) is 4.25. The first-order valence-corrected chi connectivity index (χ1v) is 16.1. The molecule has 2 heterocycles. The Morgan fingerprint density at radius 3 is 2.22 bits per heavy atom. The second kappa shape index (κ2) is 13.7. The van der Waals surface area contributed by atoms with E-state index in [1.165, 1.54) is 36.3 Å². The Labute approximate surface area is 246 Å². The number of benzene rings is 1. The molecule has 2 saturated heterocycles. The standard InChI is InChI=1S/C28H40ClN3O8S/c1-4-39-26(33)24-14-22(30-41(36,37)23-10-8-21(29)9-11-23)17-31(24)15-18-6-7-19-16-32(28(35)38-3)25(13-20(19)12-18)27(34)40-5-2/h8-11,18-20,22,24-25,30H,4-7,12-17H2,1-3H3. The number of carbonyl (C=O) groups excluding carboxylic acids is 3. The second-order valence-electron chi connectivity index (χ2n) is 11.1. The van der Waals surface area contributed by atoms with Gasteiger partial charge in [0.1, 0.15) is 12.1 Å². The average molecular weight is 614 g/mol. The summed E-state index contributed by atoms with van der Waals surface area (Å²) in [4.78, 5) is 41.7. The highest BCUT2D eigenvalue weighted by atomic mass is 35.5. The molecule has 11 nitrogen and oxygen atoms in total. The first-order valence-electron chi connectivity index (χ1n) is 14.3. The Bertz CT molecular complexity index is 1200. The number of likely N-dealkylation sites (tertiary alicyclic amines) is 2. The average Bonchev–Trinajstić information content (AvgIpc) is 3.33. The van der Waals surface area contributed by atoms with Gasteiger partial charge in [0, 0.05) is 30.7 Å². The highest BCUT2D eigenvalue weighted by Crippen LogP contribution is 2.42. The van der Waals surface area contributed by atoms with E-state index in [1.54, 1.807) is 13.8 Å². The van der Waals surface area contributed by atoms with Gasteiger partial charge < -0.3 is 14.2 Å². The molecule has 4 rings (SSSR count). The SMILES string of the molecule is CCOC(=O)C1CC(NS(=O)(=O)c2ccc(Cl)cc2)CN1CC1CCC2CN(C(=O)OC)C(C(=O)OCC)CC2C1. The van der Waals surface area contributed by atoms with Crippen LogP contribution in [0.3, 0.4) is 0 Å². The molecule has 3 aliphatic rings. The lowest BCUT2D eigenvalue weighted by Gasteiger charge is -2.46. The lowest BCUT2D eigenvalue weighted by molar-refractivity contribution is -0.153. The van der Waals surface area contributed by atoms with Gasteiger partial charge in [0.25, 0.3) is 0 Å². The molecular formula is C28H40ClN3O8S. The molecule has 1 aromatic carbocycles. The van der Waals surface area contributed by atoms with E-state index in [9.17, 15) is 22.8 Å². The lowest BCUT2D eigenvalue weighted by Crippen LogP contribution is -2.55. The van der Waals surface area contributed by atoms with Crippen LogP contribution in [0.2, 0.25) is 5.02 Å². The summed E-state index contributed by atoms with van der Waals surface area (Å²) in [7, 11) is -2.49. The molecule has 1 amide bonds. The van der Waals surface area contributed by atoms with Crippen LogP contribution in [0.4, 0.5) is 4.79 Å². The molecule has 1 aliphatic carbocycles. The molecule has 0 bridgehead atoms. The van der Waals surface area contributed by atoms with E-state index < -0.39 is 40.2 Å². The maximum absolute atomic E-state index is 13.0. The molecule has 1 saturated carbocycles. The highest BCUT2D eigenvalue weighted by molar-refractivity contribution is 7.89. The molecule has 228 valence electrons. The number of ether oxygens (including phenoxy) is 3. The number of amides is 1. The van der Waals surface area contributed by atoms with Crippen molar-refractivity contribution in [2.75, 3.05) is 40.0 Å². The molecule has 0 radical (unpaired) electrons. The maximum atomic E-state index is 13.0. The van der Waals surface area contributed by atoms with Crippen LogP contribution in [-0.2, 0) is 33.8 Å². The number of rotatable bonds is 9. The van der Waals surface area contributed by atoms with Crippen molar-refractivity contribution in [1.82, 2.24) is 14.5 Å². The quantitative estimate of drug-likeness (QED) is 0.330. The van der Waals surface area contributed by atoms with Crippen LogP contribution in [0.5, 0.6) is 0 Å². The fourth-order valence-electron chi connectivity index (χ4n) is 6.60. The number of piperidine rings is 1. The molecule has 6 unspecified atom stereocenters. The van der Waals surface area contributed by atoms with Crippen LogP contribution in [0.1, 0.15) is 46.0 Å². The van der Waals surface area contributed by atoms with Crippen molar-refractivity contribution in [2.24, 2.45) is 17.8 Å². The predicted octanol–water partition coefficient (Wildman–Crippen LogP) is 3.06. The van der Waals surface area contributed by atoms with Crippen molar-refractivity contribution < 1.29 is 37.0 Å². The number of fused-ring (bicyclic) bond motifs is 1. The van der Waals surface area contributed by atoms with Crippen LogP contribution in [0.15, 0.2) is 29.2 Å². The zero-order chi connectivity index (χ0) is 29.7. The summed E-state index contributed by atoms with van der Waals surface area (Å²) in [5.41, 5.74) is 0. The Morgan fingerprint density at radius 1 is 0.927 bits per heavy atom. The van der Waals surface area contributed by atoms with Crippen LogP contribution < -0.4 is 4.72 Å². The number of methoxy groups -OCH3 is 1. The van der Waals surface area contributed by atoms with Gasteiger partial charge in [-0.3, -0.25) is 14.6 Å². The Kier molecular flexibility index (Phi) is 10.5. The molecule has 6 atom stereocenters. The van der Waals surface area contributed by atoms with Gasteiger partial charge in [-0.05, 0) is 88.0 Å². The van der Waals surface area contributed by atoms with Gasteiger partial charge in [-0.1, -0.05) is 11.6 Å². The first kappa shape index (κ1) is 31.5. The van der Waals surface area contributed by atoms with Gasteiger partial charge >= 0.3 is 18.0 Å². The van der Waals surface area contributed by atoms with Crippen LogP contribution in [0.25, 0.3) is 0 Å². The van der Waals surface area contributed by atoms with Crippen LogP contribution in [-0.4, -0.2) is 94.3 Å². The normalized spacial score (nSPS) is 28.5. The Balaban J connectivity index is 1.44. The van der Waals surface area contributed by atoms with E-state index in [4.69, 9.17) is 25.8 Å². The molecule has 13 heteroatoms. The highest BCUT2D eigenvalue weighted by Gasteiger charge is 2.46. The number of carbonyl (C=O) groups is 3. The zero-order valence-corrected chi connectivity index (χ0v) is 25.4. The summed E-state index contributed by atoms with van der Waals surface area (Å²) >= 11 is 5.92. The number of nitrogens with one attached hydrogen (secondary N) is 1. The van der Waals surface area contributed by atoms with Gasteiger partial charge in [-0.25, -0.2) is 22.7 Å². The van der Waals surface area contributed by atoms with Crippen LogP contribution >= 0.6 is 11.6 Å². The maximum Gasteiger partial charge on any atom is 0.410 e. The molecule has 41 heavy (non-hydrogen) atoms. The molecule has 3 fully saturated rings. The topological polar surface area (TPSA) is 132 Å². The Hall–Kier alpha value is -2.41. The molecular weight excluding hydrogens is 574 g/mol. The summed E-state index contributed by atoms with van der Waals surface area (Å²) in [5.74, 6) is -0.0760. The molecule has 0 aromatic heterocycles. The number of nitrogens with zero attached hydrogens (tertiary/aromatic N) is 2. The van der Waals surface area contributed by atoms with Gasteiger partial charge in [0.05, 0.1) is 25.2 Å². The van der Waals surface area contributed by atoms with Crippen molar-refractivity contribution in [3.63, 3.8) is 0 Å². The third-order valence-corrected chi connectivity index (χ3v) is 10.2. The van der Waals surface area contributed by atoms with E-state index in [0.717, 1.165) is 19.3 Å². The van der Waals surface area contributed by atoms with E-state index in [1.807, 2.05) is 4.90 Å². The van der Waals surface area contributed by atoms with E-state index in [0.29, 0.717) is 37.5 Å². The molecule has 1 N–H and O–H groups in total. The van der Waals surface area contributed by atoms with Crippen molar-refractivity contribution in [3.05, 3.63) is 29.3 Å². The molecule has 0 spiro atoms. The summed E-state index contributed by atoms with van der Waals surface area (Å²) in [6.07, 6.45) is 2.90.